The SMILES string of the molecule is CCOC(=O)c1nnn(CCC(C)O)c1-c1cncn1C. The van der Waals surface area contributed by atoms with Crippen LogP contribution >= 0.6 is 0 Å². The van der Waals surface area contributed by atoms with Crippen LogP contribution < -0.4 is 0 Å². The number of nitrogens with zero attached hydrogens (tertiary/aromatic N) is 5. The molecule has 8 nitrogen and oxygen atoms in total. The predicted molar refractivity (Wildman–Crippen MR) is 74.5 cm³/mol. The number of imidazole rings is 1. The fourth-order valence-corrected chi connectivity index (χ4v) is 1.95. The molecule has 0 aliphatic heterocycles. The van der Waals surface area contributed by atoms with Crippen LogP contribution in [0, 0.1) is 0 Å². The molecule has 0 saturated carbocycles. The molecule has 0 bridgehead atoms. The lowest BCUT2D eigenvalue weighted by atomic mass is 10.2. The van der Waals surface area contributed by atoms with Crippen LogP contribution in [0.1, 0.15) is 30.8 Å². The molecule has 21 heavy (non-hydrogen) atoms. The normalized spacial score (nSPS) is 12.4. The number of hydrogen-bond donors (Lipinski definition) is 1. The van der Waals surface area contributed by atoms with E-state index in [1.165, 1.54) is 0 Å². The van der Waals surface area contributed by atoms with Crippen molar-refractivity contribution in [3.8, 4) is 11.4 Å². The molecule has 0 radical (unpaired) electrons. The van der Waals surface area contributed by atoms with Crippen LogP contribution in [-0.4, -0.2) is 48.3 Å². The molecule has 0 fully saturated rings. The molecule has 2 heterocycles. The third-order valence-corrected chi connectivity index (χ3v) is 3.02. The van der Waals surface area contributed by atoms with Gasteiger partial charge in [0.2, 0.25) is 0 Å². The van der Waals surface area contributed by atoms with Crippen LogP contribution in [0.25, 0.3) is 11.4 Å². The van der Waals surface area contributed by atoms with E-state index >= 15 is 0 Å². The zero-order valence-electron chi connectivity index (χ0n) is 12.4. The highest BCUT2D eigenvalue weighted by atomic mass is 16.5. The second-order valence-corrected chi connectivity index (χ2v) is 4.76. The molecule has 2 aromatic rings. The van der Waals surface area contributed by atoms with Gasteiger partial charge in [0, 0.05) is 13.6 Å². The molecule has 0 aromatic carbocycles. The molecule has 0 aliphatic carbocycles. The first kappa shape index (κ1) is 15.2. The number of hydrogen-bond acceptors (Lipinski definition) is 6. The summed E-state index contributed by atoms with van der Waals surface area (Å²) in [7, 11) is 1.82. The van der Waals surface area contributed by atoms with Gasteiger partial charge in [-0.3, -0.25) is 0 Å². The Balaban J connectivity index is 2.43. The van der Waals surface area contributed by atoms with Gasteiger partial charge >= 0.3 is 5.97 Å². The number of carbonyl (C=O) groups excluding carboxylic acids is 1. The highest BCUT2D eigenvalue weighted by Crippen LogP contribution is 2.22. The Morgan fingerprint density at radius 1 is 1.52 bits per heavy atom. The van der Waals surface area contributed by atoms with E-state index in [9.17, 15) is 9.90 Å². The van der Waals surface area contributed by atoms with Crippen molar-refractivity contribution < 1.29 is 14.6 Å². The Morgan fingerprint density at radius 3 is 2.86 bits per heavy atom. The molecule has 2 rings (SSSR count). The van der Waals surface area contributed by atoms with Crippen LogP contribution in [0.2, 0.25) is 0 Å². The molecule has 0 amide bonds. The van der Waals surface area contributed by atoms with Gasteiger partial charge in [-0.25, -0.2) is 14.5 Å². The van der Waals surface area contributed by atoms with Crippen molar-refractivity contribution in [1.82, 2.24) is 24.5 Å². The maximum Gasteiger partial charge on any atom is 0.361 e. The molecular formula is C13H19N5O3. The van der Waals surface area contributed by atoms with Gasteiger partial charge in [-0.1, -0.05) is 5.21 Å². The van der Waals surface area contributed by atoms with E-state index in [0.29, 0.717) is 24.4 Å². The topological polar surface area (TPSA) is 95.1 Å². The smallest absolute Gasteiger partial charge is 0.361 e. The highest BCUT2D eigenvalue weighted by Gasteiger charge is 2.24. The Labute approximate surface area is 122 Å². The maximum absolute atomic E-state index is 12.0. The van der Waals surface area contributed by atoms with Gasteiger partial charge in [0.25, 0.3) is 0 Å². The van der Waals surface area contributed by atoms with Gasteiger partial charge in [0.05, 0.1) is 30.9 Å². The van der Waals surface area contributed by atoms with Crippen molar-refractivity contribution in [3.63, 3.8) is 0 Å². The number of esters is 1. The lowest BCUT2D eigenvalue weighted by molar-refractivity contribution is 0.0520. The van der Waals surface area contributed by atoms with Gasteiger partial charge in [0.15, 0.2) is 5.69 Å². The predicted octanol–water partition coefficient (Wildman–Crippen LogP) is 0.626. The quantitative estimate of drug-likeness (QED) is 0.785. The van der Waals surface area contributed by atoms with Crippen molar-refractivity contribution in [1.29, 1.82) is 0 Å². The summed E-state index contributed by atoms with van der Waals surface area (Å²) in [5, 5.41) is 17.3. The first-order valence-corrected chi connectivity index (χ1v) is 6.80. The van der Waals surface area contributed by atoms with E-state index < -0.39 is 12.1 Å². The summed E-state index contributed by atoms with van der Waals surface area (Å²) in [6.07, 6.45) is 3.33. The van der Waals surface area contributed by atoms with Crippen LogP contribution in [0.4, 0.5) is 0 Å². The summed E-state index contributed by atoms with van der Waals surface area (Å²) >= 11 is 0. The van der Waals surface area contributed by atoms with E-state index in [4.69, 9.17) is 4.74 Å². The first-order chi connectivity index (χ1) is 10.0. The molecule has 8 heteroatoms. The average Bonchev–Trinajstić information content (AvgIpc) is 3.02. The Kier molecular flexibility index (Phi) is 4.69. The third-order valence-electron chi connectivity index (χ3n) is 3.02. The van der Waals surface area contributed by atoms with Crippen molar-refractivity contribution in [2.75, 3.05) is 6.61 Å². The van der Waals surface area contributed by atoms with Crippen LogP contribution in [0.5, 0.6) is 0 Å². The number of carbonyl (C=O) groups is 1. The molecule has 2 aromatic heterocycles. The largest absolute Gasteiger partial charge is 0.461 e. The molecule has 0 aliphatic rings. The minimum absolute atomic E-state index is 0.158. The summed E-state index contributed by atoms with van der Waals surface area (Å²) in [6, 6.07) is 0. The number of aromatic nitrogens is 5. The van der Waals surface area contributed by atoms with E-state index in [1.807, 2.05) is 7.05 Å². The average molecular weight is 293 g/mol. The fraction of sp³-hybridized carbons (Fsp3) is 0.538. The standard InChI is InChI=1S/C13H19N5O3/c1-4-21-13(20)11-12(10-7-14-8-17(10)3)18(16-15-11)6-5-9(2)19/h7-9,19H,4-6H2,1-3H3. The second kappa shape index (κ2) is 6.49. The minimum Gasteiger partial charge on any atom is -0.461 e. The van der Waals surface area contributed by atoms with Gasteiger partial charge in [-0.2, -0.15) is 0 Å². The Bertz CT molecular complexity index is 617. The van der Waals surface area contributed by atoms with E-state index in [0.717, 1.165) is 0 Å². The van der Waals surface area contributed by atoms with Gasteiger partial charge < -0.3 is 14.4 Å². The van der Waals surface area contributed by atoms with E-state index in [2.05, 4.69) is 15.3 Å². The molecule has 1 unspecified atom stereocenters. The summed E-state index contributed by atoms with van der Waals surface area (Å²) in [6.45, 7) is 4.15. The molecule has 0 saturated heterocycles. The number of rotatable bonds is 6. The molecule has 114 valence electrons. The highest BCUT2D eigenvalue weighted by molar-refractivity contribution is 5.93. The number of aliphatic hydroxyl groups is 1. The summed E-state index contributed by atoms with van der Waals surface area (Å²) in [5.41, 5.74) is 1.42. The lowest BCUT2D eigenvalue weighted by Crippen LogP contribution is -2.12. The number of ether oxygens (including phenoxy) is 1. The molecule has 1 N–H and O–H groups in total. The Morgan fingerprint density at radius 2 is 2.29 bits per heavy atom. The van der Waals surface area contributed by atoms with Gasteiger partial charge in [0.1, 0.15) is 5.69 Å². The summed E-state index contributed by atoms with van der Waals surface area (Å²) in [5.74, 6) is -0.517. The zero-order chi connectivity index (χ0) is 15.4. The number of aliphatic hydroxyl groups excluding tert-OH is 1. The number of aryl methyl sites for hydroxylation is 2. The summed E-state index contributed by atoms with van der Waals surface area (Å²) < 4.78 is 8.38. The van der Waals surface area contributed by atoms with Crippen LogP contribution in [0.15, 0.2) is 12.5 Å². The van der Waals surface area contributed by atoms with Crippen molar-refractivity contribution in [2.24, 2.45) is 7.05 Å². The minimum atomic E-state index is -0.517. The second-order valence-electron chi connectivity index (χ2n) is 4.76. The van der Waals surface area contributed by atoms with Crippen molar-refractivity contribution in [2.45, 2.75) is 32.9 Å². The summed E-state index contributed by atoms with van der Waals surface area (Å²) in [4.78, 5) is 16.1. The van der Waals surface area contributed by atoms with Gasteiger partial charge in [-0.05, 0) is 20.3 Å². The Hall–Kier alpha value is -2.22. The zero-order valence-corrected chi connectivity index (χ0v) is 12.4. The van der Waals surface area contributed by atoms with Crippen molar-refractivity contribution in [3.05, 3.63) is 18.2 Å². The van der Waals surface area contributed by atoms with Crippen LogP contribution in [-0.2, 0) is 18.3 Å². The first-order valence-electron chi connectivity index (χ1n) is 6.80. The molecule has 0 spiro atoms. The maximum atomic E-state index is 12.0. The molecular weight excluding hydrogens is 274 g/mol. The van der Waals surface area contributed by atoms with E-state index in [-0.39, 0.29) is 12.3 Å². The fourth-order valence-electron chi connectivity index (χ4n) is 1.95. The monoisotopic (exact) mass is 293 g/mol. The van der Waals surface area contributed by atoms with Crippen molar-refractivity contribution >= 4 is 5.97 Å². The molecule has 1 atom stereocenters. The lowest BCUT2D eigenvalue weighted by Gasteiger charge is -2.09. The van der Waals surface area contributed by atoms with Gasteiger partial charge in [-0.15, -0.1) is 5.10 Å². The van der Waals surface area contributed by atoms with E-state index in [1.54, 1.807) is 35.6 Å². The third kappa shape index (κ3) is 3.27. The van der Waals surface area contributed by atoms with Crippen LogP contribution in [0.3, 0.4) is 0 Å².